The fraction of sp³-hybridized carbons (Fsp3) is 0.961. The SMILES string of the molecule is CCCCCCCCCCCCCCCCCCCCCCCCCCCCCCCCCCCCCC(=O)OCC(COC(=O)CCCCCCCCCCCCCCCC)OC(=O)CCCCCCCCCCCCCCCCC. The zero-order chi connectivity index (χ0) is 59.2. The van der Waals surface area contributed by atoms with Gasteiger partial charge in [0.1, 0.15) is 13.2 Å². The molecule has 0 amide bonds. The van der Waals surface area contributed by atoms with Gasteiger partial charge in [0.05, 0.1) is 0 Å². The molecule has 1 atom stereocenters. The van der Waals surface area contributed by atoms with Crippen LogP contribution in [0.25, 0.3) is 0 Å². The molecule has 6 heteroatoms. The summed E-state index contributed by atoms with van der Waals surface area (Å²) < 4.78 is 17.0. The summed E-state index contributed by atoms with van der Waals surface area (Å²) in [6.07, 6.45) is 86.0. The predicted molar refractivity (Wildman–Crippen MR) is 358 cm³/mol. The van der Waals surface area contributed by atoms with Crippen molar-refractivity contribution < 1.29 is 28.6 Å². The van der Waals surface area contributed by atoms with E-state index in [1.165, 1.54) is 353 Å². The fourth-order valence-corrected chi connectivity index (χ4v) is 12.2. The van der Waals surface area contributed by atoms with Crippen molar-refractivity contribution in [1.82, 2.24) is 0 Å². The third kappa shape index (κ3) is 69.2. The summed E-state index contributed by atoms with van der Waals surface area (Å²) in [5.74, 6) is -0.820. The van der Waals surface area contributed by atoms with Gasteiger partial charge in [-0.15, -0.1) is 0 Å². The van der Waals surface area contributed by atoms with Crippen LogP contribution in [-0.2, 0) is 28.6 Å². The van der Waals surface area contributed by atoms with Crippen LogP contribution in [0.4, 0.5) is 0 Å². The lowest BCUT2D eigenvalue weighted by Crippen LogP contribution is -2.30. The van der Waals surface area contributed by atoms with Gasteiger partial charge >= 0.3 is 17.9 Å². The molecular weight excluding hydrogens is 1010 g/mol. The maximum atomic E-state index is 12.9. The molecule has 0 aliphatic rings. The van der Waals surface area contributed by atoms with Crippen LogP contribution >= 0.6 is 0 Å². The Morgan fingerprint density at radius 1 is 0.195 bits per heavy atom. The van der Waals surface area contributed by atoms with E-state index in [0.717, 1.165) is 57.8 Å². The molecule has 0 rings (SSSR count). The van der Waals surface area contributed by atoms with Gasteiger partial charge in [0, 0.05) is 19.3 Å². The number of hydrogen-bond donors (Lipinski definition) is 0. The smallest absolute Gasteiger partial charge is 0.306 e. The topological polar surface area (TPSA) is 78.9 Å². The highest BCUT2D eigenvalue weighted by Crippen LogP contribution is 2.20. The van der Waals surface area contributed by atoms with E-state index >= 15 is 0 Å². The first kappa shape index (κ1) is 80.4. The van der Waals surface area contributed by atoms with Gasteiger partial charge in [-0.1, -0.05) is 412 Å². The molecule has 0 aliphatic heterocycles. The number of esters is 3. The molecule has 0 N–H and O–H groups in total. The Bertz CT molecular complexity index is 1240. The lowest BCUT2D eigenvalue weighted by atomic mass is 10.0. The van der Waals surface area contributed by atoms with Gasteiger partial charge < -0.3 is 14.2 Å². The van der Waals surface area contributed by atoms with Crippen LogP contribution in [0.1, 0.15) is 451 Å². The van der Waals surface area contributed by atoms with Gasteiger partial charge in [-0.25, -0.2) is 0 Å². The summed E-state index contributed by atoms with van der Waals surface area (Å²) in [7, 11) is 0. The van der Waals surface area contributed by atoms with E-state index in [2.05, 4.69) is 20.8 Å². The quantitative estimate of drug-likeness (QED) is 0.0343. The van der Waals surface area contributed by atoms with Gasteiger partial charge in [-0.05, 0) is 19.3 Å². The Hall–Kier alpha value is -1.59. The van der Waals surface area contributed by atoms with Gasteiger partial charge in [0.25, 0.3) is 0 Å². The highest BCUT2D eigenvalue weighted by molar-refractivity contribution is 5.71. The van der Waals surface area contributed by atoms with E-state index < -0.39 is 6.10 Å². The van der Waals surface area contributed by atoms with E-state index in [9.17, 15) is 14.4 Å². The molecule has 1 unspecified atom stereocenters. The van der Waals surface area contributed by atoms with Crippen molar-refractivity contribution in [2.45, 2.75) is 457 Å². The van der Waals surface area contributed by atoms with E-state index in [1.54, 1.807) is 0 Å². The number of carbonyl (C=O) groups is 3. The van der Waals surface area contributed by atoms with Crippen LogP contribution in [0.15, 0.2) is 0 Å². The Kier molecular flexibility index (Phi) is 70.5. The number of rotatable bonds is 72. The third-order valence-corrected chi connectivity index (χ3v) is 17.9. The second-order valence-corrected chi connectivity index (χ2v) is 26.3. The van der Waals surface area contributed by atoms with Crippen LogP contribution in [0.2, 0.25) is 0 Å². The Morgan fingerprint density at radius 3 is 0.488 bits per heavy atom. The van der Waals surface area contributed by atoms with Crippen molar-refractivity contribution in [2.24, 2.45) is 0 Å². The van der Waals surface area contributed by atoms with Crippen LogP contribution in [0, 0.1) is 0 Å². The van der Waals surface area contributed by atoms with Crippen molar-refractivity contribution in [2.75, 3.05) is 13.2 Å². The molecule has 6 nitrogen and oxygen atoms in total. The summed E-state index contributed by atoms with van der Waals surface area (Å²) in [6, 6.07) is 0. The summed E-state index contributed by atoms with van der Waals surface area (Å²) in [5.41, 5.74) is 0. The van der Waals surface area contributed by atoms with E-state index in [0.29, 0.717) is 19.3 Å². The molecule has 0 saturated carbocycles. The number of ether oxygens (including phenoxy) is 3. The minimum absolute atomic E-state index is 0.0603. The second kappa shape index (κ2) is 71.9. The average molecular weight is 1160 g/mol. The largest absolute Gasteiger partial charge is 0.462 e. The molecule has 0 radical (unpaired) electrons. The van der Waals surface area contributed by atoms with Crippen molar-refractivity contribution in [3.05, 3.63) is 0 Å². The van der Waals surface area contributed by atoms with E-state index in [-0.39, 0.29) is 31.1 Å². The molecule has 488 valence electrons. The van der Waals surface area contributed by atoms with Gasteiger partial charge in [0.15, 0.2) is 6.10 Å². The molecule has 0 fully saturated rings. The number of hydrogen-bond acceptors (Lipinski definition) is 6. The highest BCUT2D eigenvalue weighted by Gasteiger charge is 2.20. The maximum Gasteiger partial charge on any atom is 0.306 e. The van der Waals surface area contributed by atoms with Gasteiger partial charge in [-0.2, -0.15) is 0 Å². The molecule has 82 heavy (non-hydrogen) atoms. The third-order valence-electron chi connectivity index (χ3n) is 17.9. The zero-order valence-electron chi connectivity index (χ0n) is 56.3. The molecule has 0 aromatic carbocycles. The number of carbonyl (C=O) groups excluding carboxylic acids is 3. The van der Waals surface area contributed by atoms with Crippen molar-refractivity contribution in [1.29, 1.82) is 0 Å². The van der Waals surface area contributed by atoms with Crippen molar-refractivity contribution >= 4 is 17.9 Å². The Labute approximate surface area is 514 Å². The summed E-state index contributed by atoms with van der Waals surface area (Å²) in [5, 5.41) is 0. The molecule has 0 aliphatic carbocycles. The standard InChI is InChI=1S/C76H148O6/c1-4-7-10-13-16-19-22-25-28-29-30-31-32-33-34-35-36-37-38-39-40-41-42-43-44-45-46-47-49-51-54-57-60-63-66-69-75(78)81-72-73(71-80-74(77)68-65-62-59-56-53-50-27-24-21-18-15-12-9-6-3)82-76(79)70-67-64-61-58-55-52-48-26-23-20-17-14-11-8-5-2/h73H,4-72H2,1-3H3. The van der Waals surface area contributed by atoms with Crippen LogP contribution in [0.3, 0.4) is 0 Å². The minimum Gasteiger partial charge on any atom is -0.462 e. The zero-order valence-corrected chi connectivity index (χ0v) is 56.3. The Balaban J connectivity index is 4.01. The lowest BCUT2D eigenvalue weighted by Gasteiger charge is -2.18. The maximum absolute atomic E-state index is 12.9. The second-order valence-electron chi connectivity index (χ2n) is 26.3. The monoisotopic (exact) mass is 1160 g/mol. The van der Waals surface area contributed by atoms with Crippen LogP contribution in [0.5, 0.6) is 0 Å². The first-order valence-corrected chi connectivity index (χ1v) is 38.0. The Morgan fingerprint density at radius 2 is 0.329 bits per heavy atom. The van der Waals surface area contributed by atoms with Crippen molar-refractivity contribution in [3.8, 4) is 0 Å². The average Bonchev–Trinajstić information content (AvgIpc) is 3.48. The summed E-state index contributed by atoms with van der Waals surface area (Å²) >= 11 is 0. The van der Waals surface area contributed by atoms with Gasteiger partial charge in [0.2, 0.25) is 0 Å². The molecule has 0 heterocycles. The molecule has 0 bridgehead atoms. The normalized spacial score (nSPS) is 11.9. The molecule has 0 aromatic rings. The first-order chi connectivity index (χ1) is 40.5. The molecule has 0 spiro atoms. The molecule has 0 aromatic heterocycles. The van der Waals surface area contributed by atoms with Crippen molar-refractivity contribution in [3.63, 3.8) is 0 Å². The highest BCUT2D eigenvalue weighted by atomic mass is 16.6. The van der Waals surface area contributed by atoms with Crippen LogP contribution < -0.4 is 0 Å². The minimum atomic E-state index is -0.763. The van der Waals surface area contributed by atoms with Crippen LogP contribution in [-0.4, -0.2) is 37.2 Å². The molecular formula is C76H148O6. The summed E-state index contributed by atoms with van der Waals surface area (Å²) in [6.45, 7) is 6.74. The lowest BCUT2D eigenvalue weighted by molar-refractivity contribution is -0.167. The van der Waals surface area contributed by atoms with E-state index in [1.807, 2.05) is 0 Å². The van der Waals surface area contributed by atoms with E-state index in [4.69, 9.17) is 14.2 Å². The predicted octanol–water partition coefficient (Wildman–Crippen LogP) is 26.2. The first-order valence-electron chi connectivity index (χ1n) is 38.0. The number of unbranched alkanes of at least 4 members (excludes halogenated alkanes) is 61. The molecule has 0 saturated heterocycles. The summed E-state index contributed by atoms with van der Waals surface area (Å²) in [4.78, 5) is 38.4. The fourth-order valence-electron chi connectivity index (χ4n) is 12.2. The van der Waals surface area contributed by atoms with Gasteiger partial charge in [-0.3, -0.25) is 14.4 Å².